The van der Waals surface area contributed by atoms with Crippen LogP contribution in [-0.4, -0.2) is 6.29 Å². The first-order valence-electron chi connectivity index (χ1n) is 4.25. The molecule has 0 saturated carbocycles. The van der Waals surface area contributed by atoms with Gasteiger partial charge in [0, 0.05) is 5.92 Å². The van der Waals surface area contributed by atoms with Gasteiger partial charge in [0.05, 0.1) is 0 Å². The fourth-order valence-electron chi connectivity index (χ4n) is 1.43. The van der Waals surface area contributed by atoms with Crippen molar-refractivity contribution in [3.05, 3.63) is 0 Å². The lowest BCUT2D eigenvalue weighted by Crippen LogP contribution is -2.13. The largest absolute Gasteiger partial charge is 0.303 e. The van der Waals surface area contributed by atoms with E-state index in [-0.39, 0.29) is 0 Å². The second kappa shape index (κ2) is 5.45. The molecule has 0 N–H and O–H groups in total. The quantitative estimate of drug-likeness (QED) is 0.539. The van der Waals surface area contributed by atoms with Crippen molar-refractivity contribution in [1.29, 1.82) is 0 Å². The van der Waals surface area contributed by atoms with Gasteiger partial charge in [0.15, 0.2) is 0 Å². The van der Waals surface area contributed by atoms with Gasteiger partial charge in [-0.2, -0.15) is 0 Å². The third-order valence-corrected chi connectivity index (χ3v) is 2.30. The molecule has 1 heteroatoms. The molecular formula is C9H18O. The second-order valence-electron chi connectivity index (χ2n) is 2.78. The predicted octanol–water partition coefficient (Wildman–Crippen LogP) is 2.65. The number of rotatable bonds is 5. The van der Waals surface area contributed by atoms with Crippen LogP contribution in [0.25, 0.3) is 0 Å². The first-order chi connectivity index (χ1) is 4.79. The van der Waals surface area contributed by atoms with Crippen molar-refractivity contribution in [2.45, 2.75) is 40.0 Å². The second-order valence-corrected chi connectivity index (χ2v) is 2.78. The van der Waals surface area contributed by atoms with Crippen LogP contribution in [0.2, 0.25) is 0 Å². The van der Waals surface area contributed by atoms with E-state index in [1.165, 1.54) is 0 Å². The Morgan fingerprint density at radius 2 is 1.60 bits per heavy atom. The summed E-state index contributed by atoms with van der Waals surface area (Å²) >= 11 is 0. The normalized spacial score (nSPS) is 13.6. The molecule has 0 aromatic heterocycles. The maximum Gasteiger partial charge on any atom is 0.123 e. The summed E-state index contributed by atoms with van der Waals surface area (Å²) < 4.78 is 0. The topological polar surface area (TPSA) is 17.1 Å². The Bertz CT molecular complexity index is 84.7. The molecule has 0 aliphatic carbocycles. The zero-order valence-corrected chi connectivity index (χ0v) is 7.26. The van der Waals surface area contributed by atoms with Gasteiger partial charge in [-0.25, -0.2) is 0 Å². The van der Waals surface area contributed by atoms with Crippen molar-refractivity contribution in [2.24, 2.45) is 11.8 Å². The summed E-state index contributed by atoms with van der Waals surface area (Å²) in [6.45, 7) is 6.39. The van der Waals surface area contributed by atoms with Gasteiger partial charge in [-0.3, -0.25) is 0 Å². The minimum atomic E-state index is 0.301. The summed E-state index contributed by atoms with van der Waals surface area (Å²) in [5, 5.41) is 0. The van der Waals surface area contributed by atoms with Crippen molar-refractivity contribution >= 4 is 6.29 Å². The van der Waals surface area contributed by atoms with Gasteiger partial charge < -0.3 is 4.79 Å². The van der Waals surface area contributed by atoms with Gasteiger partial charge in [-0.15, -0.1) is 0 Å². The Labute approximate surface area is 63.8 Å². The van der Waals surface area contributed by atoms with Crippen LogP contribution in [0.15, 0.2) is 0 Å². The molecular weight excluding hydrogens is 124 g/mol. The van der Waals surface area contributed by atoms with E-state index < -0.39 is 0 Å². The third kappa shape index (κ3) is 2.51. The smallest absolute Gasteiger partial charge is 0.123 e. The van der Waals surface area contributed by atoms with E-state index in [2.05, 4.69) is 20.8 Å². The monoisotopic (exact) mass is 142 g/mol. The minimum absolute atomic E-state index is 0.301. The third-order valence-electron chi connectivity index (χ3n) is 2.30. The van der Waals surface area contributed by atoms with Gasteiger partial charge >= 0.3 is 0 Å². The molecule has 0 aromatic carbocycles. The molecule has 1 nitrogen and oxygen atoms in total. The minimum Gasteiger partial charge on any atom is -0.303 e. The van der Waals surface area contributed by atoms with E-state index in [0.29, 0.717) is 11.8 Å². The molecule has 60 valence electrons. The average molecular weight is 142 g/mol. The molecule has 10 heavy (non-hydrogen) atoms. The highest BCUT2D eigenvalue weighted by atomic mass is 16.1. The summed E-state index contributed by atoms with van der Waals surface area (Å²) in [7, 11) is 0. The van der Waals surface area contributed by atoms with Gasteiger partial charge in [-0.1, -0.05) is 33.6 Å². The molecule has 0 aliphatic heterocycles. The maximum atomic E-state index is 10.5. The molecule has 0 saturated heterocycles. The Balaban J connectivity index is 3.81. The lowest BCUT2D eigenvalue weighted by atomic mass is 9.87. The summed E-state index contributed by atoms with van der Waals surface area (Å²) in [5.41, 5.74) is 0. The summed E-state index contributed by atoms with van der Waals surface area (Å²) in [6, 6.07) is 0. The lowest BCUT2D eigenvalue weighted by Gasteiger charge is -2.17. The molecule has 0 aromatic rings. The van der Waals surface area contributed by atoms with E-state index in [9.17, 15) is 4.79 Å². The van der Waals surface area contributed by atoms with E-state index in [1.54, 1.807) is 0 Å². The highest BCUT2D eigenvalue weighted by molar-refractivity contribution is 5.53. The van der Waals surface area contributed by atoms with E-state index in [1.807, 2.05) is 0 Å². The molecule has 0 aliphatic rings. The predicted molar refractivity (Wildman–Crippen MR) is 43.9 cm³/mol. The first-order valence-corrected chi connectivity index (χ1v) is 4.25. The summed E-state index contributed by atoms with van der Waals surface area (Å²) in [6.07, 6.45) is 4.37. The van der Waals surface area contributed by atoms with E-state index in [0.717, 1.165) is 25.5 Å². The molecule has 1 unspecified atom stereocenters. The molecule has 0 rings (SSSR count). The van der Waals surface area contributed by atoms with Crippen molar-refractivity contribution in [3.8, 4) is 0 Å². The number of carbonyl (C=O) groups excluding carboxylic acids is 1. The van der Waals surface area contributed by atoms with Gasteiger partial charge in [0.1, 0.15) is 6.29 Å². The van der Waals surface area contributed by atoms with E-state index >= 15 is 0 Å². The molecule has 0 heterocycles. The number of carbonyl (C=O) groups is 1. The average Bonchev–Trinajstić information content (AvgIpc) is 2.00. The van der Waals surface area contributed by atoms with Crippen molar-refractivity contribution < 1.29 is 4.79 Å². The van der Waals surface area contributed by atoms with Crippen LogP contribution < -0.4 is 0 Å². The van der Waals surface area contributed by atoms with Crippen LogP contribution in [-0.2, 0) is 4.79 Å². The standard InChI is InChI=1S/C9H18O/c1-4-8(5-2)9(6-3)7-10/h7-9H,4-6H2,1-3H3. The van der Waals surface area contributed by atoms with Crippen LogP contribution in [0.5, 0.6) is 0 Å². The highest BCUT2D eigenvalue weighted by Gasteiger charge is 2.14. The van der Waals surface area contributed by atoms with Crippen molar-refractivity contribution in [3.63, 3.8) is 0 Å². The fraction of sp³-hybridized carbons (Fsp3) is 0.889. The molecule has 1 atom stereocenters. The van der Waals surface area contributed by atoms with Crippen LogP contribution in [0.1, 0.15) is 40.0 Å². The molecule has 0 bridgehead atoms. The Morgan fingerprint density at radius 1 is 1.10 bits per heavy atom. The number of aldehydes is 1. The van der Waals surface area contributed by atoms with Gasteiger partial charge in [0.2, 0.25) is 0 Å². The van der Waals surface area contributed by atoms with E-state index in [4.69, 9.17) is 0 Å². The zero-order valence-electron chi connectivity index (χ0n) is 7.26. The lowest BCUT2D eigenvalue weighted by molar-refractivity contribution is -0.112. The van der Waals surface area contributed by atoms with Crippen molar-refractivity contribution in [2.75, 3.05) is 0 Å². The highest BCUT2D eigenvalue weighted by Crippen LogP contribution is 2.19. The van der Waals surface area contributed by atoms with Crippen LogP contribution in [0, 0.1) is 11.8 Å². The summed E-state index contributed by atoms with van der Waals surface area (Å²) in [4.78, 5) is 10.5. The Hall–Kier alpha value is -0.330. The molecule has 0 radical (unpaired) electrons. The van der Waals surface area contributed by atoms with Crippen LogP contribution >= 0.6 is 0 Å². The first kappa shape index (κ1) is 9.67. The van der Waals surface area contributed by atoms with Gasteiger partial charge in [-0.05, 0) is 12.3 Å². The SMILES string of the molecule is CCC(C=O)C(CC)CC. The maximum absolute atomic E-state index is 10.5. The van der Waals surface area contributed by atoms with Crippen LogP contribution in [0.3, 0.4) is 0 Å². The van der Waals surface area contributed by atoms with Crippen LogP contribution in [0.4, 0.5) is 0 Å². The molecule has 0 fully saturated rings. The fourth-order valence-corrected chi connectivity index (χ4v) is 1.43. The molecule has 0 spiro atoms. The number of hydrogen-bond acceptors (Lipinski definition) is 1. The Kier molecular flexibility index (Phi) is 5.27. The van der Waals surface area contributed by atoms with Gasteiger partial charge in [0.25, 0.3) is 0 Å². The Morgan fingerprint density at radius 3 is 1.70 bits per heavy atom. The van der Waals surface area contributed by atoms with Crippen molar-refractivity contribution in [1.82, 2.24) is 0 Å². The molecule has 0 amide bonds. The zero-order chi connectivity index (χ0) is 7.98. The number of hydrogen-bond donors (Lipinski definition) is 0. The summed E-state index contributed by atoms with van der Waals surface area (Å²) in [5.74, 6) is 0.914.